The molecule has 1 saturated heterocycles. The highest BCUT2D eigenvalue weighted by Gasteiger charge is 2.31. The number of piperidine rings is 1. The Bertz CT molecular complexity index is 1200. The van der Waals surface area contributed by atoms with Crippen LogP contribution in [0.25, 0.3) is 10.9 Å². The van der Waals surface area contributed by atoms with Crippen molar-refractivity contribution in [1.29, 1.82) is 0 Å². The number of pyridine rings is 1. The number of nitrogens with zero attached hydrogens (tertiary/aromatic N) is 2. The molecule has 3 atom stereocenters. The van der Waals surface area contributed by atoms with E-state index in [-0.39, 0.29) is 18.3 Å². The van der Waals surface area contributed by atoms with E-state index in [0.29, 0.717) is 6.42 Å². The molecule has 0 amide bonds. The van der Waals surface area contributed by atoms with E-state index in [1.165, 1.54) is 5.56 Å². The summed E-state index contributed by atoms with van der Waals surface area (Å²) in [4.78, 5) is 18.5. The lowest BCUT2D eigenvalue weighted by atomic mass is 9.79. The van der Waals surface area contributed by atoms with Crippen molar-refractivity contribution in [3.8, 4) is 11.5 Å². The maximum Gasteiger partial charge on any atom is 0.303 e. The summed E-state index contributed by atoms with van der Waals surface area (Å²) in [6.45, 7) is 2.75. The van der Waals surface area contributed by atoms with Gasteiger partial charge in [0.15, 0.2) is 0 Å². The van der Waals surface area contributed by atoms with Gasteiger partial charge in [-0.15, -0.1) is 0 Å². The lowest BCUT2D eigenvalue weighted by molar-refractivity contribution is -0.139. The van der Waals surface area contributed by atoms with E-state index in [1.54, 1.807) is 20.4 Å². The number of carboxylic acid groups (broad SMARTS) is 1. The average molecular weight is 521 g/mol. The Hall–Kier alpha value is -3.16. The Morgan fingerprint density at radius 2 is 1.95 bits per heavy atom. The third kappa shape index (κ3) is 7.23. The third-order valence-electron chi connectivity index (χ3n) is 7.93. The SMILES string of the molecule is COc1ccc2nccc([C@@H](O)CC[C@@H]3CCN(CCCCc4ccccc4OC)C[C@@H]3CC(=O)O)c2c1. The topological polar surface area (TPSA) is 92.1 Å². The molecule has 7 nitrogen and oxygen atoms in total. The lowest BCUT2D eigenvalue weighted by Gasteiger charge is -2.38. The zero-order chi connectivity index (χ0) is 26.9. The van der Waals surface area contributed by atoms with Gasteiger partial charge in [-0.05, 0) is 105 Å². The summed E-state index contributed by atoms with van der Waals surface area (Å²) in [5, 5.41) is 21.6. The van der Waals surface area contributed by atoms with Crippen LogP contribution in [0.4, 0.5) is 0 Å². The predicted molar refractivity (Wildman–Crippen MR) is 149 cm³/mol. The van der Waals surface area contributed by atoms with E-state index in [9.17, 15) is 15.0 Å². The first-order valence-electron chi connectivity index (χ1n) is 13.6. The van der Waals surface area contributed by atoms with Crippen LogP contribution in [-0.2, 0) is 11.2 Å². The summed E-state index contributed by atoms with van der Waals surface area (Å²) in [5.74, 6) is 1.31. The molecule has 1 fully saturated rings. The average Bonchev–Trinajstić information content (AvgIpc) is 2.94. The third-order valence-corrected chi connectivity index (χ3v) is 7.93. The largest absolute Gasteiger partial charge is 0.497 e. The van der Waals surface area contributed by atoms with Crippen molar-refractivity contribution >= 4 is 16.9 Å². The first-order chi connectivity index (χ1) is 18.5. The molecule has 0 aliphatic carbocycles. The molecule has 0 unspecified atom stereocenters. The molecule has 7 heteroatoms. The van der Waals surface area contributed by atoms with Gasteiger partial charge in [0, 0.05) is 24.5 Å². The second-order valence-electron chi connectivity index (χ2n) is 10.4. The highest BCUT2D eigenvalue weighted by Crippen LogP contribution is 2.35. The van der Waals surface area contributed by atoms with Crippen LogP contribution >= 0.6 is 0 Å². The number of aliphatic carboxylic acids is 1. The van der Waals surface area contributed by atoms with Crippen molar-refractivity contribution in [1.82, 2.24) is 9.88 Å². The first kappa shape index (κ1) is 27.9. The summed E-state index contributed by atoms with van der Waals surface area (Å²) in [5.41, 5.74) is 2.90. The standard InChI is InChI=1S/C31H40N2O5/c1-37-25-11-12-28-27(20-25)26(14-16-32-28)29(34)13-10-22-15-18-33(21-24(22)19-31(35)36)17-6-5-8-23-7-3-4-9-30(23)38-2/h3-4,7,9,11-12,14,16,20,22,24,29,34H,5-6,8,10,13,15,17-19,21H2,1-2H3,(H,35,36)/t22-,24+,29+/m1/s1. The molecule has 4 rings (SSSR count). The summed E-state index contributed by atoms with van der Waals surface area (Å²) < 4.78 is 10.8. The second-order valence-corrected chi connectivity index (χ2v) is 10.4. The second kappa shape index (κ2) is 13.6. The number of carboxylic acids is 1. The van der Waals surface area contributed by atoms with Gasteiger partial charge in [0.1, 0.15) is 11.5 Å². The van der Waals surface area contributed by atoms with Crippen LogP contribution in [0, 0.1) is 11.8 Å². The molecule has 0 saturated carbocycles. The van der Waals surface area contributed by atoms with Crippen LogP contribution in [0.2, 0.25) is 0 Å². The van der Waals surface area contributed by atoms with Crippen molar-refractivity contribution < 1.29 is 24.5 Å². The molecule has 0 spiro atoms. The van der Waals surface area contributed by atoms with E-state index < -0.39 is 12.1 Å². The number of aromatic nitrogens is 1. The number of unbranched alkanes of at least 4 members (excludes halogenated alkanes) is 1. The van der Waals surface area contributed by atoms with Gasteiger partial charge in [0.2, 0.25) is 0 Å². The van der Waals surface area contributed by atoms with E-state index in [2.05, 4.69) is 16.0 Å². The first-order valence-corrected chi connectivity index (χ1v) is 13.6. The quantitative estimate of drug-likeness (QED) is 0.288. The van der Waals surface area contributed by atoms with Crippen molar-refractivity contribution in [3.05, 3.63) is 65.9 Å². The molecular formula is C31H40N2O5. The Labute approximate surface area is 225 Å². The minimum atomic E-state index is -0.745. The van der Waals surface area contributed by atoms with Crippen molar-refractivity contribution in [2.75, 3.05) is 33.9 Å². The minimum absolute atomic E-state index is 0.0944. The van der Waals surface area contributed by atoms with Crippen LogP contribution in [0.3, 0.4) is 0 Å². The van der Waals surface area contributed by atoms with Gasteiger partial charge >= 0.3 is 5.97 Å². The van der Waals surface area contributed by atoms with Gasteiger partial charge in [0.25, 0.3) is 0 Å². The molecule has 2 N–H and O–H groups in total. The molecule has 38 heavy (non-hydrogen) atoms. The van der Waals surface area contributed by atoms with E-state index in [4.69, 9.17) is 9.47 Å². The number of carbonyl (C=O) groups is 1. The highest BCUT2D eigenvalue weighted by molar-refractivity contribution is 5.83. The van der Waals surface area contributed by atoms with Crippen LogP contribution in [0.15, 0.2) is 54.7 Å². The molecule has 0 radical (unpaired) electrons. The summed E-state index contributed by atoms with van der Waals surface area (Å²) >= 11 is 0. The smallest absolute Gasteiger partial charge is 0.303 e. The number of fused-ring (bicyclic) bond motifs is 1. The minimum Gasteiger partial charge on any atom is -0.497 e. The van der Waals surface area contributed by atoms with Crippen LogP contribution in [0.5, 0.6) is 11.5 Å². The monoisotopic (exact) mass is 520 g/mol. The number of hydrogen-bond acceptors (Lipinski definition) is 6. The molecule has 3 aromatic rings. The summed E-state index contributed by atoms with van der Waals surface area (Å²) in [6, 6.07) is 15.7. The normalized spacial score (nSPS) is 18.8. The van der Waals surface area contributed by atoms with Crippen LogP contribution < -0.4 is 9.47 Å². The van der Waals surface area contributed by atoms with Crippen molar-refractivity contribution in [2.24, 2.45) is 11.8 Å². The maximum atomic E-state index is 11.7. The Kier molecular flexibility index (Phi) is 9.96. The lowest BCUT2D eigenvalue weighted by Crippen LogP contribution is -2.41. The van der Waals surface area contributed by atoms with Crippen LogP contribution in [0.1, 0.15) is 55.8 Å². The molecule has 1 aliphatic heterocycles. The molecule has 0 bridgehead atoms. The van der Waals surface area contributed by atoms with Crippen LogP contribution in [-0.4, -0.2) is 59.9 Å². The van der Waals surface area contributed by atoms with Gasteiger partial charge in [-0.1, -0.05) is 18.2 Å². The number of methoxy groups -OCH3 is 2. The van der Waals surface area contributed by atoms with E-state index >= 15 is 0 Å². The maximum absolute atomic E-state index is 11.7. The van der Waals surface area contributed by atoms with E-state index in [0.717, 1.165) is 79.7 Å². The number of rotatable bonds is 13. The number of aryl methyl sites for hydroxylation is 1. The zero-order valence-electron chi connectivity index (χ0n) is 22.5. The summed E-state index contributed by atoms with van der Waals surface area (Å²) in [7, 11) is 3.34. The fourth-order valence-electron chi connectivity index (χ4n) is 5.85. The predicted octanol–water partition coefficient (Wildman–Crippen LogP) is 5.50. The fraction of sp³-hybridized carbons (Fsp3) is 0.484. The summed E-state index contributed by atoms with van der Waals surface area (Å²) in [6.07, 6.45) is 6.74. The number of ether oxygens (including phenoxy) is 2. The molecule has 1 aliphatic rings. The number of aliphatic hydroxyl groups is 1. The Balaban J connectivity index is 1.31. The molecular weight excluding hydrogens is 480 g/mol. The molecule has 2 aromatic carbocycles. The molecule has 1 aromatic heterocycles. The number of benzene rings is 2. The van der Waals surface area contributed by atoms with Gasteiger partial charge in [-0.3, -0.25) is 9.78 Å². The number of para-hydroxylation sites is 1. The van der Waals surface area contributed by atoms with Gasteiger partial charge in [-0.25, -0.2) is 0 Å². The van der Waals surface area contributed by atoms with Crippen molar-refractivity contribution in [2.45, 2.75) is 51.0 Å². The fourth-order valence-corrected chi connectivity index (χ4v) is 5.85. The van der Waals surface area contributed by atoms with E-state index in [1.807, 2.05) is 42.5 Å². The number of aliphatic hydroxyl groups excluding tert-OH is 1. The highest BCUT2D eigenvalue weighted by atomic mass is 16.5. The Morgan fingerprint density at radius 1 is 1.11 bits per heavy atom. The zero-order valence-corrected chi connectivity index (χ0v) is 22.5. The van der Waals surface area contributed by atoms with Crippen molar-refractivity contribution in [3.63, 3.8) is 0 Å². The van der Waals surface area contributed by atoms with Gasteiger partial charge in [-0.2, -0.15) is 0 Å². The molecule has 204 valence electrons. The van der Waals surface area contributed by atoms with Gasteiger partial charge < -0.3 is 24.6 Å². The van der Waals surface area contributed by atoms with Gasteiger partial charge in [0.05, 0.1) is 25.8 Å². The molecule has 2 heterocycles. The number of likely N-dealkylation sites (tertiary alicyclic amines) is 1. The number of hydrogen-bond donors (Lipinski definition) is 2. The Morgan fingerprint density at radius 3 is 2.74 bits per heavy atom.